The number of benzene rings is 2. The summed E-state index contributed by atoms with van der Waals surface area (Å²) in [6, 6.07) is 17.4. The van der Waals surface area contributed by atoms with Crippen molar-refractivity contribution in [3.8, 4) is 16.9 Å². The van der Waals surface area contributed by atoms with Crippen molar-refractivity contribution in [3.63, 3.8) is 0 Å². The quantitative estimate of drug-likeness (QED) is 0.751. The van der Waals surface area contributed by atoms with Crippen molar-refractivity contribution in [2.24, 2.45) is 0 Å². The van der Waals surface area contributed by atoms with Crippen molar-refractivity contribution >= 4 is 0 Å². The van der Waals surface area contributed by atoms with Gasteiger partial charge in [0.2, 0.25) is 0 Å². The molecule has 0 spiro atoms. The molecule has 0 heterocycles. The molecule has 0 aliphatic carbocycles. The van der Waals surface area contributed by atoms with Crippen molar-refractivity contribution in [1.29, 1.82) is 0 Å². The lowest BCUT2D eigenvalue weighted by atomic mass is 10.0. The SMILES string of the molecule is CCc1ccc(-c2cc[c]cc2OC)cc1. The minimum absolute atomic E-state index is 0.867. The number of hydrogen-bond acceptors (Lipinski definition) is 1. The number of aryl methyl sites for hydroxylation is 1. The van der Waals surface area contributed by atoms with Crippen molar-refractivity contribution in [1.82, 2.24) is 0 Å². The van der Waals surface area contributed by atoms with Gasteiger partial charge in [0.15, 0.2) is 0 Å². The highest BCUT2D eigenvalue weighted by atomic mass is 16.5. The molecule has 0 amide bonds. The highest BCUT2D eigenvalue weighted by Crippen LogP contribution is 2.29. The van der Waals surface area contributed by atoms with Crippen LogP contribution < -0.4 is 4.74 Å². The normalized spacial score (nSPS) is 10.1. The molecule has 0 aliphatic rings. The zero-order chi connectivity index (χ0) is 11.4. The molecule has 0 bridgehead atoms. The van der Waals surface area contributed by atoms with E-state index >= 15 is 0 Å². The predicted molar refractivity (Wildman–Crippen MR) is 66.6 cm³/mol. The molecular weight excluding hydrogens is 196 g/mol. The van der Waals surface area contributed by atoms with Crippen molar-refractivity contribution < 1.29 is 4.74 Å². The Morgan fingerprint density at radius 3 is 2.50 bits per heavy atom. The summed E-state index contributed by atoms with van der Waals surface area (Å²) in [5.74, 6) is 0.867. The molecule has 0 N–H and O–H groups in total. The summed E-state index contributed by atoms with van der Waals surface area (Å²) >= 11 is 0. The first-order valence-corrected chi connectivity index (χ1v) is 5.48. The summed E-state index contributed by atoms with van der Waals surface area (Å²) in [7, 11) is 1.69. The molecular formula is C15H15O. The second-order valence-electron chi connectivity index (χ2n) is 3.68. The van der Waals surface area contributed by atoms with Crippen LogP contribution in [0.15, 0.2) is 42.5 Å². The van der Waals surface area contributed by atoms with Gasteiger partial charge in [0.25, 0.3) is 0 Å². The lowest BCUT2D eigenvalue weighted by Crippen LogP contribution is -1.87. The van der Waals surface area contributed by atoms with E-state index in [-0.39, 0.29) is 0 Å². The molecule has 81 valence electrons. The van der Waals surface area contributed by atoms with Gasteiger partial charge in [-0.1, -0.05) is 43.3 Å². The Morgan fingerprint density at radius 1 is 1.12 bits per heavy atom. The second-order valence-corrected chi connectivity index (χ2v) is 3.68. The largest absolute Gasteiger partial charge is 0.496 e. The first-order valence-electron chi connectivity index (χ1n) is 5.48. The zero-order valence-corrected chi connectivity index (χ0v) is 9.66. The molecule has 2 rings (SSSR count). The molecule has 0 atom stereocenters. The molecule has 0 saturated carbocycles. The second kappa shape index (κ2) is 4.84. The predicted octanol–water partition coefficient (Wildman–Crippen LogP) is 3.72. The summed E-state index contributed by atoms with van der Waals surface area (Å²) in [5.41, 5.74) is 3.65. The fraction of sp³-hybridized carbons (Fsp3) is 0.200. The van der Waals surface area contributed by atoms with Crippen LogP contribution in [0, 0.1) is 6.07 Å². The smallest absolute Gasteiger partial charge is 0.127 e. The Kier molecular flexibility index (Phi) is 3.25. The third-order valence-electron chi connectivity index (χ3n) is 2.72. The van der Waals surface area contributed by atoms with E-state index in [9.17, 15) is 0 Å². The van der Waals surface area contributed by atoms with Crippen LogP contribution in [0.2, 0.25) is 0 Å². The van der Waals surface area contributed by atoms with Crippen molar-refractivity contribution in [2.45, 2.75) is 13.3 Å². The molecule has 1 radical (unpaired) electrons. The van der Waals surface area contributed by atoms with E-state index in [1.807, 2.05) is 18.2 Å². The maximum absolute atomic E-state index is 5.33. The van der Waals surface area contributed by atoms with E-state index in [1.165, 1.54) is 11.1 Å². The number of methoxy groups -OCH3 is 1. The van der Waals surface area contributed by atoms with Gasteiger partial charge in [-0.3, -0.25) is 0 Å². The molecule has 0 saturated heterocycles. The molecule has 0 unspecified atom stereocenters. The summed E-state index contributed by atoms with van der Waals surface area (Å²) in [4.78, 5) is 0. The Balaban J connectivity index is 2.42. The average molecular weight is 211 g/mol. The Labute approximate surface area is 96.7 Å². The van der Waals surface area contributed by atoms with Gasteiger partial charge in [0.05, 0.1) is 7.11 Å². The highest BCUT2D eigenvalue weighted by Gasteiger charge is 2.03. The van der Waals surface area contributed by atoms with Gasteiger partial charge in [-0.2, -0.15) is 0 Å². The van der Waals surface area contributed by atoms with Crippen LogP contribution in [-0.4, -0.2) is 7.11 Å². The average Bonchev–Trinajstić information content (AvgIpc) is 2.39. The van der Waals surface area contributed by atoms with E-state index in [4.69, 9.17) is 4.74 Å². The monoisotopic (exact) mass is 211 g/mol. The van der Waals surface area contributed by atoms with Crippen LogP contribution in [0.3, 0.4) is 0 Å². The van der Waals surface area contributed by atoms with E-state index in [2.05, 4.69) is 37.3 Å². The van der Waals surface area contributed by atoms with Gasteiger partial charge in [-0.15, -0.1) is 0 Å². The van der Waals surface area contributed by atoms with Gasteiger partial charge in [-0.25, -0.2) is 0 Å². The highest BCUT2D eigenvalue weighted by molar-refractivity contribution is 5.70. The fourth-order valence-corrected chi connectivity index (χ4v) is 1.74. The lowest BCUT2D eigenvalue weighted by Gasteiger charge is -2.08. The number of rotatable bonds is 3. The Morgan fingerprint density at radius 2 is 1.88 bits per heavy atom. The van der Waals surface area contributed by atoms with Crippen LogP contribution in [0.5, 0.6) is 5.75 Å². The molecule has 0 aliphatic heterocycles. The fourth-order valence-electron chi connectivity index (χ4n) is 1.74. The summed E-state index contributed by atoms with van der Waals surface area (Å²) < 4.78 is 5.33. The first kappa shape index (κ1) is 10.7. The van der Waals surface area contributed by atoms with Crippen LogP contribution in [0.25, 0.3) is 11.1 Å². The maximum atomic E-state index is 5.33. The molecule has 1 heteroatoms. The summed E-state index contributed by atoms with van der Waals surface area (Å²) in [5, 5.41) is 0. The topological polar surface area (TPSA) is 9.23 Å². The third kappa shape index (κ3) is 2.08. The van der Waals surface area contributed by atoms with E-state index in [0.29, 0.717) is 0 Å². The Bertz CT molecular complexity index is 457. The molecule has 0 aromatic heterocycles. The standard InChI is InChI=1S/C15H15O/c1-3-12-8-10-13(11-9-12)14-6-4-5-7-15(14)16-2/h4,6-11H,3H2,1-2H3. The number of ether oxygens (including phenoxy) is 1. The Hall–Kier alpha value is -1.76. The van der Waals surface area contributed by atoms with Gasteiger partial charge < -0.3 is 4.74 Å². The minimum Gasteiger partial charge on any atom is -0.496 e. The summed E-state index contributed by atoms with van der Waals surface area (Å²) in [6.07, 6.45) is 1.07. The third-order valence-corrected chi connectivity index (χ3v) is 2.72. The van der Waals surface area contributed by atoms with E-state index < -0.39 is 0 Å². The van der Waals surface area contributed by atoms with Gasteiger partial charge >= 0.3 is 0 Å². The zero-order valence-electron chi connectivity index (χ0n) is 9.66. The maximum Gasteiger partial charge on any atom is 0.127 e. The molecule has 2 aromatic carbocycles. The molecule has 1 nitrogen and oxygen atoms in total. The minimum atomic E-state index is 0.867. The van der Waals surface area contributed by atoms with Crippen LogP contribution in [-0.2, 0) is 6.42 Å². The van der Waals surface area contributed by atoms with Crippen LogP contribution in [0.4, 0.5) is 0 Å². The molecule has 2 aromatic rings. The molecule has 0 fully saturated rings. The van der Waals surface area contributed by atoms with Gasteiger partial charge in [-0.05, 0) is 29.7 Å². The van der Waals surface area contributed by atoms with Crippen molar-refractivity contribution in [2.75, 3.05) is 7.11 Å². The van der Waals surface area contributed by atoms with Crippen LogP contribution >= 0.6 is 0 Å². The first-order chi connectivity index (χ1) is 7.85. The summed E-state index contributed by atoms with van der Waals surface area (Å²) in [6.45, 7) is 2.16. The van der Waals surface area contributed by atoms with E-state index in [1.54, 1.807) is 7.11 Å². The van der Waals surface area contributed by atoms with Crippen molar-refractivity contribution in [3.05, 3.63) is 54.1 Å². The number of hydrogen-bond donors (Lipinski definition) is 0. The molecule has 16 heavy (non-hydrogen) atoms. The van der Waals surface area contributed by atoms with Gasteiger partial charge in [0.1, 0.15) is 5.75 Å². The van der Waals surface area contributed by atoms with E-state index in [0.717, 1.165) is 17.7 Å². The lowest BCUT2D eigenvalue weighted by molar-refractivity contribution is 0.416. The van der Waals surface area contributed by atoms with Gasteiger partial charge in [0, 0.05) is 5.56 Å². The van der Waals surface area contributed by atoms with Crippen LogP contribution in [0.1, 0.15) is 12.5 Å².